The Bertz CT molecular complexity index is 763. The topological polar surface area (TPSA) is 81.5 Å². The number of nitrogens with one attached hydrogen (secondary N) is 1. The van der Waals surface area contributed by atoms with Crippen molar-refractivity contribution in [2.24, 2.45) is 0 Å². The Balaban J connectivity index is 1.84. The first-order chi connectivity index (χ1) is 12.5. The molecule has 1 aliphatic heterocycles. The fourth-order valence-corrected chi connectivity index (χ4v) is 3.19. The molecule has 140 valence electrons. The zero-order chi connectivity index (χ0) is 18.7. The second-order valence-electron chi connectivity index (χ2n) is 7.00. The summed E-state index contributed by atoms with van der Waals surface area (Å²) in [5.74, 6) is 1.48. The van der Waals surface area contributed by atoms with Crippen LogP contribution in [0.2, 0.25) is 0 Å². The molecule has 1 aromatic carbocycles. The zero-order valence-electron chi connectivity index (χ0n) is 15.7. The Morgan fingerprint density at radius 1 is 1.19 bits per heavy atom. The average molecular weight is 356 g/mol. The maximum absolute atomic E-state index is 9.78. The average Bonchev–Trinajstić information content (AvgIpc) is 2.66. The third-order valence-corrected chi connectivity index (χ3v) is 4.83. The van der Waals surface area contributed by atoms with Crippen molar-refractivity contribution in [3.8, 4) is 0 Å². The number of rotatable bonds is 6. The Labute approximate surface area is 154 Å². The van der Waals surface area contributed by atoms with Crippen molar-refractivity contribution in [1.82, 2.24) is 9.97 Å². The van der Waals surface area contributed by atoms with Crippen molar-refractivity contribution in [2.45, 2.75) is 52.3 Å². The highest BCUT2D eigenvalue weighted by Crippen LogP contribution is 2.27. The van der Waals surface area contributed by atoms with Gasteiger partial charge >= 0.3 is 0 Å². The minimum Gasteiger partial charge on any atom is -0.394 e. The molecule has 0 aliphatic carbocycles. The van der Waals surface area contributed by atoms with Crippen molar-refractivity contribution < 1.29 is 10.2 Å². The quantitative estimate of drug-likeness (QED) is 0.738. The van der Waals surface area contributed by atoms with Gasteiger partial charge in [0, 0.05) is 30.9 Å². The second kappa shape index (κ2) is 8.01. The predicted molar refractivity (Wildman–Crippen MR) is 103 cm³/mol. The SMILES string of the molecule is CCc1cc(N2CCc3cc([C@@H](C)O)ccc3C2)nc(N[C@@H](C)CO)n1. The zero-order valence-corrected chi connectivity index (χ0v) is 15.7. The second-order valence-corrected chi connectivity index (χ2v) is 7.00. The molecule has 1 aliphatic rings. The molecule has 2 atom stereocenters. The molecule has 26 heavy (non-hydrogen) atoms. The Kier molecular flexibility index (Phi) is 5.74. The molecule has 1 aromatic heterocycles. The summed E-state index contributed by atoms with van der Waals surface area (Å²) in [5.41, 5.74) is 4.53. The van der Waals surface area contributed by atoms with Crippen LogP contribution in [0.25, 0.3) is 0 Å². The lowest BCUT2D eigenvalue weighted by molar-refractivity contribution is 0.199. The number of benzene rings is 1. The van der Waals surface area contributed by atoms with Crippen molar-refractivity contribution in [3.63, 3.8) is 0 Å². The van der Waals surface area contributed by atoms with E-state index in [1.807, 2.05) is 19.1 Å². The van der Waals surface area contributed by atoms with Gasteiger partial charge in [-0.15, -0.1) is 0 Å². The molecule has 0 fully saturated rings. The molecule has 0 bridgehead atoms. The van der Waals surface area contributed by atoms with Crippen molar-refractivity contribution in [3.05, 3.63) is 46.6 Å². The lowest BCUT2D eigenvalue weighted by atomic mass is 9.96. The van der Waals surface area contributed by atoms with Gasteiger partial charge in [0.25, 0.3) is 0 Å². The van der Waals surface area contributed by atoms with Gasteiger partial charge in [0.05, 0.1) is 12.7 Å². The largest absolute Gasteiger partial charge is 0.394 e. The standard InChI is InChI=1S/C20H28N4O2/c1-4-18-10-19(23-20(22-18)21-13(2)12-25)24-8-7-16-9-15(14(3)26)5-6-17(16)11-24/h5-6,9-10,13-14,25-26H,4,7-8,11-12H2,1-3H3,(H,21,22,23)/t13-,14+/m0/s1. The molecule has 3 N–H and O–H groups in total. The Morgan fingerprint density at radius 3 is 2.69 bits per heavy atom. The Hall–Kier alpha value is -2.18. The third-order valence-electron chi connectivity index (χ3n) is 4.83. The fourth-order valence-electron chi connectivity index (χ4n) is 3.19. The van der Waals surface area contributed by atoms with Crippen LogP contribution < -0.4 is 10.2 Å². The summed E-state index contributed by atoms with van der Waals surface area (Å²) >= 11 is 0. The number of nitrogens with zero attached hydrogens (tertiary/aromatic N) is 3. The van der Waals surface area contributed by atoms with Crippen LogP contribution in [0.1, 0.15) is 49.3 Å². The molecule has 2 heterocycles. The monoisotopic (exact) mass is 356 g/mol. The molecule has 0 spiro atoms. The van der Waals surface area contributed by atoms with Crippen molar-refractivity contribution in [1.29, 1.82) is 0 Å². The summed E-state index contributed by atoms with van der Waals surface area (Å²) in [7, 11) is 0. The molecule has 0 radical (unpaired) electrons. The maximum Gasteiger partial charge on any atom is 0.225 e. The first-order valence-corrected chi connectivity index (χ1v) is 9.30. The number of aryl methyl sites for hydroxylation is 1. The van der Waals surface area contributed by atoms with Gasteiger partial charge in [0.2, 0.25) is 5.95 Å². The maximum atomic E-state index is 9.78. The van der Waals surface area contributed by atoms with Gasteiger partial charge in [-0.3, -0.25) is 0 Å². The van der Waals surface area contributed by atoms with Crippen LogP contribution in [0.4, 0.5) is 11.8 Å². The van der Waals surface area contributed by atoms with Gasteiger partial charge in [-0.05, 0) is 43.4 Å². The van der Waals surface area contributed by atoms with Crippen LogP contribution in [0.15, 0.2) is 24.3 Å². The van der Waals surface area contributed by atoms with E-state index in [0.717, 1.165) is 43.0 Å². The predicted octanol–water partition coefficient (Wildman–Crippen LogP) is 2.45. The van der Waals surface area contributed by atoms with E-state index in [0.29, 0.717) is 5.95 Å². The summed E-state index contributed by atoms with van der Waals surface area (Å²) in [6, 6.07) is 8.18. The van der Waals surface area contributed by atoms with E-state index in [2.05, 4.69) is 39.2 Å². The lowest BCUT2D eigenvalue weighted by Crippen LogP contribution is -2.32. The van der Waals surface area contributed by atoms with Crippen molar-refractivity contribution in [2.75, 3.05) is 23.4 Å². The highest BCUT2D eigenvalue weighted by Gasteiger charge is 2.20. The number of anilines is 2. The van der Waals surface area contributed by atoms with E-state index < -0.39 is 6.10 Å². The van der Waals surface area contributed by atoms with Gasteiger partial charge in [0.1, 0.15) is 5.82 Å². The molecule has 2 aromatic rings. The minimum absolute atomic E-state index is 0.0394. The summed E-state index contributed by atoms with van der Waals surface area (Å²) in [6.45, 7) is 7.49. The number of hydrogen-bond acceptors (Lipinski definition) is 6. The normalized spacial score (nSPS) is 16.1. The third kappa shape index (κ3) is 4.14. The molecular formula is C20H28N4O2. The molecule has 0 unspecified atom stereocenters. The minimum atomic E-state index is -0.436. The van der Waals surface area contributed by atoms with E-state index in [-0.39, 0.29) is 12.6 Å². The summed E-state index contributed by atoms with van der Waals surface area (Å²) in [4.78, 5) is 11.5. The van der Waals surface area contributed by atoms with E-state index >= 15 is 0 Å². The molecule has 6 nitrogen and oxygen atoms in total. The van der Waals surface area contributed by atoms with E-state index in [1.54, 1.807) is 6.92 Å². The van der Waals surface area contributed by atoms with Crippen LogP contribution in [-0.4, -0.2) is 39.4 Å². The van der Waals surface area contributed by atoms with Gasteiger partial charge in [-0.25, -0.2) is 4.98 Å². The van der Waals surface area contributed by atoms with E-state index in [4.69, 9.17) is 0 Å². The molecule has 0 saturated carbocycles. The van der Waals surface area contributed by atoms with Gasteiger partial charge in [-0.2, -0.15) is 4.98 Å². The van der Waals surface area contributed by atoms with Crippen LogP contribution in [0, 0.1) is 0 Å². The first-order valence-electron chi connectivity index (χ1n) is 9.30. The molecule has 6 heteroatoms. The number of fused-ring (bicyclic) bond motifs is 1. The Morgan fingerprint density at radius 2 is 2.00 bits per heavy atom. The lowest BCUT2D eigenvalue weighted by Gasteiger charge is -2.31. The summed E-state index contributed by atoms with van der Waals surface area (Å²) in [5, 5.41) is 22.2. The van der Waals surface area contributed by atoms with Gasteiger partial charge < -0.3 is 20.4 Å². The highest BCUT2D eigenvalue weighted by atomic mass is 16.3. The van der Waals surface area contributed by atoms with Crippen LogP contribution in [-0.2, 0) is 19.4 Å². The number of aromatic nitrogens is 2. The van der Waals surface area contributed by atoms with E-state index in [1.165, 1.54) is 11.1 Å². The molecular weight excluding hydrogens is 328 g/mol. The van der Waals surface area contributed by atoms with Gasteiger partial charge in [0.15, 0.2) is 0 Å². The van der Waals surface area contributed by atoms with Crippen LogP contribution in [0.3, 0.4) is 0 Å². The molecule has 3 rings (SSSR count). The summed E-state index contributed by atoms with van der Waals surface area (Å²) in [6.07, 6.45) is 1.33. The number of hydrogen-bond donors (Lipinski definition) is 3. The van der Waals surface area contributed by atoms with E-state index in [9.17, 15) is 10.2 Å². The van der Waals surface area contributed by atoms with Crippen LogP contribution in [0.5, 0.6) is 0 Å². The summed E-state index contributed by atoms with van der Waals surface area (Å²) < 4.78 is 0. The van der Waals surface area contributed by atoms with Crippen LogP contribution >= 0.6 is 0 Å². The molecule has 0 amide bonds. The van der Waals surface area contributed by atoms with Gasteiger partial charge in [-0.1, -0.05) is 25.1 Å². The number of aliphatic hydroxyl groups is 2. The molecule has 0 saturated heterocycles. The van der Waals surface area contributed by atoms with Crippen molar-refractivity contribution >= 4 is 11.8 Å². The fraction of sp³-hybridized carbons (Fsp3) is 0.500. The smallest absolute Gasteiger partial charge is 0.225 e. The first kappa shape index (κ1) is 18.6. The number of aliphatic hydroxyl groups excluding tert-OH is 2. The highest BCUT2D eigenvalue weighted by molar-refractivity contribution is 5.49.